The van der Waals surface area contributed by atoms with E-state index in [1.54, 1.807) is 26.8 Å². The van der Waals surface area contributed by atoms with Crippen molar-refractivity contribution in [3.63, 3.8) is 0 Å². The summed E-state index contributed by atoms with van der Waals surface area (Å²) in [5, 5.41) is 117. The Morgan fingerprint density at radius 2 is 1.42 bits per heavy atom. The van der Waals surface area contributed by atoms with E-state index >= 15 is 14.4 Å². The monoisotopic (exact) mass is 2050 g/mol. The number of aliphatic hydroxyl groups excluding tert-OH is 4. The zero-order chi connectivity index (χ0) is 104. The SMILES string of the molecule is C=C(NC(=O)C(=C)NC(=O)c1csc(C2=N[C@@H]3c4csc(n4)[C@H]4NC(=O)c5csc(n5)[C@H]([C@](C)(O)[C@@H](C)O)NC(=O)[C@H]5CSC(=N5)/C(=C/C)NC(=O)[C@H]([C@@H](C)O)NC(=O)c5csc(n5)[C@]3(CC2)NC(=O)[C@H](C)NC(=O)C(=C)NC(=O)[C@H](C)NC(=O)[C@H]([C@@H](C)CC)N[C@@H]2C=Cc3c([C@H](C)O)cc(nc3[C@H]2O)C(=O)O[C@@H]4C)n1)C(N)=O.CC(C)C[C@H](NC(=O)[C@H](Cc1ccccc1)NC(=O)c1cnccn1)B(O)O. The number of amides is 13. The topological polar surface area (TPSA) is 687 Å². The number of carbonyl (C=O) groups is 14. The molecule has 19 atom stereocenters. The number of benzene rings is 1. The van der Waals surface area contributed by atoms with Crippen molar-refractivity contribution in [2.24, 2.45) is 27.6 Å². The summed E-state index contributed by atoms with van der Waals surface area (Å²) in [6.07, 6.45) is 1.60. The molecule has 1 aromatic carbocycles. The van der Waals surface area contributed by atoms with Crippen molar-refractivity contribution in [2.75, 3.05) is 5.75 Å². The maximum absolute atomic E-state index is 15.4. The normalized spacial score (nSPS) is 24.1. The number of aliphatic hydroxyl groups is 5. The number of pyridine rings is 1. The molecule has 13 bridgehead atoms. The molecule has 5 aliphatic rings. The number of nitrogens with two attached hydrogens (primary N) is 1. The number of cyclic esters (lactones) is 1. The standard InChI is InChI=1S/C72H85N19O18S5.C19H25BN4O4/c1-14-26(3)47-63(105)78-30(7)57(99)75-28(5)56(98)76-31(8)58(100)91-72-19-18-40(66-85-43(22-111-66)59(101)77-29(6)55(97)74-27(4)54(73)96)81-52(72)42-21-112-67(83-42)49(34(11)109-69(107)41-20-37(32(9)92)36-16-17-39(79-47)51(95)50(36)80-41)89-60(102)44-24-113-68(86-44)53(71(13,108)35(12)94)90-62(104)45-23-110-65(84-45)38(15-2)82-64(106)48(33(10)93)88-61(103)46-25-114-70(72)87-46;1-13(2)10-17(20(27)28)24-18(25)15(11-14-6-4-3-5-7-14)23-19(26)16-12-21-8-9-22-16/h15-17,20-22,24-26,30-35,39,45,47-49,51-53,79,92-95,108H,4-6,14,18-19,23H2,1-3,7-13H3,(H2,73,96)(H,74,97)(H,75,99)(H,76,98)(H,77,101)(H,78,105)(H,82,106)(H,88,103)(H,89,102)(H,90,104)(H,91,100);3-9,12-13,15,17,27-28H,10-11H2,1-2H3,(H,23,26)(H,24,25)/b38-15-;/t26-,30-,31-,32-,33+,34+,35+,39+,45+,47-,48-,49-,51-,52+,53+,71+,72+;15-,17-/m00/s1. The molecule has 12 rings (SSSR count). The van der Waals surface area contributed by atoms with Gasteiger partial charge >= 0.3 is 13.1 Å². The number of nitrogens with one attached hydrogen (secondary N) is 13. The van der Waals surface area contributed by atoms with E-state index in [4.69, 9.17) is 25.4 Å². The molecule has 10 heterocycles. The van der Waals surface area contributed by atoms with Gasteiger partial charge in [0.25, 0.3) is 41.4 Å². The summed E-state index contributed by atoms with van der Waals surface area (Å²) in [4.78, 5) is 237. The lowest BCUT2D eigenvalue weighted by atomic mass is 9.75. The number of rotatable bonds is 21. The Balaban J connectivity index is 0.000000589. The lowest BCUT2D eigenvalue weighted by Crippen LogP contribution is -2.57. The second-order valence-electron chi connectivity index (χ2n) is 34.8. The van der Waals surface area contributed by atoms with Crippen LogP contribution in [0.2, 0.25) is 0 Å². The fraction of sp³-hybridized carbons (Fsp3) is 0.418. The van der Waals surface area contributed by atoms with E-state index < -0.39 is 227 Å². The molecular weight excluding hydrogens is 1940 g/mol. The van der Waals surface area contributed by atoms with Gasteiger partial charge in [0.15, 0.2) is 0 Å². The van der Waals surface area contributed by atoms with Gasteiger partial charge < -0.3 is 110 Å². The zero-order valence-electron chi connectivity index (χ0n) is 79.0. The second-order valence-corrected chi connectivity index (χ2v) is 39.3. The van der Waals surface area contributed by atoms with E-state index in [1.807, 2.05) is 44.2 Å². The lowest BCUT2D eigenvalue weighted by Gasteiger charge is -2.41. The third-order valence-corrected chi connectivity index (χ3v) is 28.4. The number of thioether (sulfide) groups is 1. The highest BCUT2D eigenvalue weighted by Gasteiger charge is 2.52. The first kappa shape index (κ1) is 109. The molecule has 754 valence electrons. The number of esters is 1. The van der Waals surface area contributed by atoms with E-state index in [9.17, 15) is 88.3 Å². The molecule has 13 amide bonds. The number of hydrogen-bond donors (Lipinski definition) is 21. The predicted molar refractivity (Wildman–Crippen MR) is 523 cm³/mol. The quantitative estimate of drug-likeness (QED) is 0.0272. The van der Waals surface area contributed by atoms with Crippen molar-refractivity contribution in [1.29, 1.82) is 0 Å². The van der Waals surface area contributed by atoms with Crippen LogP contribution in [0.15, 0.2) is 141 Å². The Morgan fingerprint density at radius 1 is 0.732 bits per heavy atom. The Hall–Kier alpha value is -13.3. The minimum Gasteiger partial charge on any atom is -0.455 e. The third kappa shape index (κ3) is 26.3. The third-order valence-electron chi connectivity index (χ3n) is 23.6. The van der Waals surface area contributed by atoms with Gasteiger partial charge in [-0.1, -0.05) is 102 Å². The molecule has 0 saturated carbocycles. The van der Waals surface area contributed by atoms with E-state index in [0.717, 1.165) is 62.7 Å². The van der Waals surface area contributed by atoms with E-state index in [2.05, 4.69) is 119 Å². The number of nitrogens with zero attached hydrogens (tertiary/aromatic N) is 9. The molecular formula is C91H110BN23O22S5. The van der Waals surface area contributed by atoms with Crippen molar-refractivity contribution in [3.8, 4) is 0 Å². The minimum absolute atomic E-state index is 0.0158. The van der Waals surface area contributed by atoms with Gasteiger partial charge in [0.1, 0.15) is 125 Å². The average Bonchev–Trinajstić information content (AvgIpc) is 1.50. The van der Waals surface area contributed by atoms with Gasteiger partial charge in [-0.3, -0.25) is 82.6 Å². The minimum atomic E-state index is -2.21. The molecule has 0 fully saturated rings. The van der Waals surface area contributed by atoms with Crippen molar-refractivity contribution >= 4 is 164 Å². The number of aliphatic imine (C=N–C) groups is 2. The van der Waals surface area contributed by atoms with Gasteiger partial charge in [-0.15, -0.1) is 57.1 Å². The highest BCUT2D eigenvalue weighted by Crippen LogP contribution is 2.48. The maximum atomic E-state index is 15.4. The Morgan fingerprint density at radius 3 is 2.08 bits per heavy atom. The average molecular weight is 2050 g/mol. The van der Waals surface area contributed by atoms with Gasteiger partial charge in [-0.25, -0.2) is 34.7 Å². The van der Waals surface area contributed by atoms with Crippen LogP contribution < -0.4 is 74.9 Å². The first-order chi connectivity index (χ1) is 67.1. The molecule has 142 heavy (non-hydrogen) atoms. The van der Waals surface area contributed by atoms with Crippen LogP contribution in [0.25, 0.3) is 6.08 Å². The number of fused-ring (bicyclic) bond motifs is 7. The maximum Gasteiger partial charge on any atom is 0.475 e. The first-order valence-corrected chi connectivity index (χ1v) is 49.3. The number of thiazole rings is 4. The van der Waals surface area contributed by atoms with E-state index in [-0.39, 0.29) is 113 Å². The molecule has 1 aliphatic carbocycles. The van der Waals surface area contributed by atoms with Crippen molar-refractivity contribution < 1.29 is 107 Å². The van der Waals surface area contributed by atoms with Gasteiger partial charge in [0, 0.05) is 51.7 Å². The van der Waals surface area contributed by atoms with Crippen LogP contribution in [-0.2, 0) is 59.8 Å². The summed E-state index contributed by atoms with van der Waals surface area (Å²) in [6, 6.07) is -3.24. The van der Waals surface area contributed by atoms with Crippen molar-refractivity contribution in [3.05, 3.63) is 208 Å². The lowest BCUT2D eigenvalue weighted by molar-refractivity contribution is -0.131. The van der Waals surface area contributed by atoms with Crippen LogP contribution in [0, 0.1) is 11.8 Å². The molecule has 45 nitrogen and oxygen atoms in total. The largest absolute Gasteiger partial charge is 0.475 e. The van der Waals surface area contributed by atoms with Crippen LogP contribution in [0.3, 0.4) is 0 Å². The van der Waals surface area contributed by atoms with Crippen molar-refractivity contribution in [1.82, 2.24) is 104 Å². The van der Waals surface area contributed by atoms with E-state index in [0.29, 0.717) is 12.8 Å². The summed E-state index contributed by atoms with van der Waals surface area (Å²) >= 11 is 4.42. The molecule has 0 unspecified atom stereocenters. The molecule has 7 aromatic rings. The predicted octanol–water partition coefficient (Wildman–Crippen LogP) is 1.13. The highest BCUT2D eigenvalue weighted by molar-refractivity contribution is 8.14. The molecule has 0 spiro atoms. The van der Waals surface area contributed by atoms with Gasteiger partial charge in [-0.05, 0) is 104 Å². The van der Waals surface area contributed by atoms with E-state index in [1.165, 1.54) is 107 Å². The number of allylic oxidation sites excluding steroid dienone is 1. The number of carbonyl (C=O) groups excluding carboxylic acids is 14. The summed E-state index contributed by atoms with van der Waals surface area (Å²) in [6.45, 7) is 28.8. The Labute approximate surface area is 834 Å². The van der Waals surface area contributed by atoms with Crippen LogP contribution in [0.1, 0.15) is 240 Å². The molecule has 0 saturated heterocycles. The number of hydrogen-bond acceptors (Lipinski definition) is 37. The number of ether oxygens (including phenoxy) is 1. The zero-order valence-corrected chi connectivity index (χ0v) is 83.1. The van der Waals surface area contributed by atoms with Gasteiger partial charge in [-0.2, -0.15) is 0 Å². The van der Waals surface area contributed by atoms with Crippen molar-refractivity contribution in [2.45, 2.75) is 223 Å². The summed E-state index contributed by atoms with van der Waals surface area (Å²) in [5.41, 5.74) is -0.842. The van der Waals surface area contributed by atoms with Gasteiger partial charge in [0.05, 0.1) is 82.4 Å². The van der Waals surface area contributed by atoms with Gasteiger partial charge in [0.2, 0.25) is 35.4 Å². The van der Waals surface area contributed by atoms with Crippen LogP contribution in [0.4, 0.5) is 0 Å². The summed E-state index contributed by atoms with van der Waals surface area (Å²) in [5.74, 6) is -13.9. The molecule has 4 aliphatic heterocycles. The number of primary amides is 1. The van der Waals surface area contributed by atoms with Crippen LogP contribution in [-0.4, -0.2) is 249 Å². The Kier molecular flexibility index (Phi) is 36.5. The molecule has 6 aromatic heterocycles. The molecule has 51 heteroatoms. The van der Waals surface area contributed by atoms with Crippen LogP contribution >= 0.6 is 57.1 Å². The van der Waals surface area contributed by atoms with Crippen LogP contribution in [0.5, 0.6) is 0 Å². The fourth-order valence-corrected chi connectivity index (χ4v) is 19.9. The highest BCUT2D eigenvalue weighted by atomic mass is 32.2. The molecule has 22 N–H and O–H groups in total. The number of aromatic nitrogens is 7. The molecule has 0 radical (unpaired) electrons. The fourth-order valence-electron chi connectivity index (χ4n) is 15.1. The second kappa shape index (κ2) is 47.5. The summed E-state index contributed by atoms with van der Waals surface area (Å²) in [7, 11) is -1.69. The first-order valence-electron chi connectivity index (χ1n) is 44.8. The Bertz CT molecular complexity index is 6140. The smallest absolute Gasteiger partial charge is 0.455 e. The summed E-state index contributed by atoms with van der Waals surface area (Å²) < 4.78 is 6.26.